The standard InChI is InChI=1S/C26H36N6O8/c1-12(33)21(27)26(39)32-11-16(40-14(3)35)9-20(32)25(38)30-19(24(37)31-22(13(2)34)23(28)36)8-15-10-29-18-7-5-4-6-17(15)18/h4-7,10,12-13,16,19-22,29,33-34H,8-9,11,27H2,1-3H3,(H2,28,36)(H,30,38)(H,31,37)/t12-,13-,16?,19+,20+,21+,22+/m1/s1. The van der Waals surface area contributed by atoms with E-state index in [2.05, 4.69) is 15.6 Å². The summed E-state index contributed by atoms with van der Waals surface area (Å²) in [5, 5.41) is 25.6. The Morgan fingerprint density at radius 1 is 1.12 bits per heavy atom. The number of aliphatic hydroxyl groups is 2. The minimum atomic E-state index is -1.42. The number of amides is 4. The first-order chi connectivity index (χ1) is 18.8. The van der Waals surface area contributed by atoms with Crippen LogP contribution in [0.3, 0.4) is 0 Å². The third-order valence-electron chi connectivity index (χ3n) is 6.80. The molecule has 0 spiro atoms. The zero-order valence-electron chi connectivity index (χ0n) is 22.5. The number of esters is 1. The fourth-order valence-electron chi connectivity index (χ4n) is 4.69. The van der Waals surface area contributed by atoms with E-state index in [4.69, 9.17) is 16.2 Å². The molecule has 2 aromatic rings. The number of hydrogen-bond acceptors (Lipinski definition) is 9. The highest BCUT2D eigenvalue weighted by Gasteiger charge is 2.44. The van der Waals surface area contributed by atoms with Crippen molar-refractivity contribution in [2.24, 2.45) is 11.5 Å². The lowest BCUT2D eigenvalue weighted by molar-refractivity contribution is -0.147. The molecule has 9 N–H and O–H groups in total. The minimum absolute atomic E-state index is 0.0197. The van der Waals surface area contributed by atoms with E-state index in [-0.39, 0.29) is 19.4 Å². The van der Waals surface area contributed by atoms with E-state index in [9.17, 15) is 34.2 Å². The number of hydrogen-bond donors (Lipinski definition) is 7. The van der Waals surface area contributed by atoms with E-state index >= 15 is 0 Å². The molecule has 0 saturated carbocycles. The van der Waals surface area contributed by atoms with Crippen molar-refractivity contribution >= 4 is 40.5 Å². The number of aromatic amines is 1. The maximum atomic E-state index is 13.6. The summed E-state index contributed by atoms with van der Waals surface area (Å²) >= 11 is 0. The molecular formula is C26H36N6O8. The van der Waals surface area contributed by atoms with E-state index in [0.29, 0.717) is 5.56 Å². The van der Waals surface area contributed by atoms with Crippen LogP contribution in [0, 0.1) is 0 Å². The van der Waals surface area contributed by atoms with Gasteiger partial charge in [0.25, 0.3) is 0 Å². The van der Waals surface area contributed by atoms with Gasteiger partial charge in [-0.3, -0.25) is 24.0 Å². The van der Waals surface area contributed by atoms with Gasteiger partial charge in [-0.05, 0) is 25.5 Å². The van der Waals surface area contributed by atoms with Gasteiger partial charge >= 0.3 is 5.97 Å². The highest BCUT2D eigenvalue weighted by Crippen LogP contribution is 2.24. The maximum Gasteiger partial charge on any atom is 0.302 e. The molecule has 0 radical (unpaired) electrons. The van der Waals surface area contributed by atoms with Gasteiger partial charge in [0.1, 0.15) is 30.3 Å². The Bertz CT molecular complexity index is 1260. The molecule has 1 aromatic carbocycles. The van der Waals surface area contributed by atoms with E-state index in [1.54, 1.807) is 6.20 Å². The topological polar surface area (TPSA) is 230 Å². The quantitative estimate of drug-likeness (QED) is 0.147. The molecule has 14 nitrogen and oxygen atoms in total. The van der Waals surface area contributed by atoms with Gasteiger partial charge in [0.15, 0.2) is 0 Å². The summed E-state index contributed by atoms with van der Waals surface area (Å²) in [6, 6.07) is 2.12. The Balaban J connectivity index is 1.90. The summed E-state index contributed by atoms with van der Waals surface area (Å²) in [5.74, 6) is -3.84. The normalized spacial score (nSPS) is 20.7. The Kier molecular flexibility index (Phi) is 9.84. The smallest absolute Gasteiger partial charge is 0.302 e. The van der Waals surface area contributed by atoms with Crippen molar-refractivity contribution in [2.75, 3.05) is 6.54 Å². The second-order valence-electron chi connectivity index (χ2n) is 9.99. The first-order valence-electron chi connectivity index (χ1n) is 12.8. The number of benzene rings is 1. The van der Waals surface area contributed by atoms with Crippen LogP contribution in [-0.4, -0.2) is 98.7 Å². The number of ether oxygens (including phenoxy) is 1. The van der Waals surface area contributed by atoms with Crippen LogP contribution in [0.1, 0.15) is 32.8 Å². The molecule has 1 aliphatic heterocycles. The van der Waals surface area contributed by atoms with Crippen molar-refractivity contribution in [1.29, 1.82) is 0 Å². The third-order valence-corrected chi connectivity index (χ3v) is 6.80. The van der Waals surface area contributed by atoms with Crippen molar-refractivity contribution in [3.8, 4) is 0 Å². The predicted octanol–water partition coefficient (Wildman–Crippen LogP) is -2.21. The molecule has 1 saturated heterocycles. The van der Waals surface area contributed by atoms with E-state index in [1.165, 1.54) is 20.8 Å². The van der Waals surface area contributed by atoms with Gasteiger partial charge in [0.2, 0.25) is 23.6 Å². The molecule has 0 aliphatic carbocycles. The predicted molar refractivity (Wildman–Crippen MR) is 142 cm³/mol. The molecule has 14 heteroatoms. The summed E-state index contributed by atoms with van der Waals surface area (Å²) < 4.78 is 5.22. The number of nitrogens with two attached hydrogens (primary N) is 2. The minimum Gasteiger partial charge on any atom is -0.461 e. The number of fused-ring (bicyclic) bond motifs is 1. The number of nitrogens with one attached hydrogen (secondary N) is 3. The Labute approximate surface area is 230 Å². The highest BCUT2D eigenvalue weighted by molar-refractivity contribution is 5.96. The van der Waals surface area contributed by atoms with Crippen LogP contribution >= 0.6 is 0 Å². The monoisotopic (exact) mass is 560 g/mol. The summed E-state index contributed by atoms with van der Waals surface area (Å²) in [7, 11) is 0. The summed E-state index contributed by atoms with van der Waals surface area (Å²) in [6.07, 6.45) is -1.73. The number of nitrogens with zero attached hydrogens (tertiary/aromatic N) is 1. The molecule has 218 valence electrons. The van der Waals surface area contributed by atoms with Crippen molar-refractivity contribution in [2.45, 2.75) is 76.1 Å². The zero-order valence-corrected chi connectivity index (χ0v) is 22.5. The van der Waals surface area contributed by atoms with Gasteiger partial charge in [-0.25, -0.2) is 0 Å². The molecule has 3 rings (SSSR count). The second kappa shape index (κ2) is 12.9. The number of aliphatic hydroxyl groups excluding tert-OH is 2. The van der Waals surface area contributed by atoms with Gasteiger partial charge in [-0.2, -0.15) is 0 Å². The average molecular weight is 561 g/mol. The van der Waals surface area contributed by atoms with Crippen LogP contribution in [-0.2, 0) is 35.1 Å². The molecule has 7 atom stereocenters. The van der Waals surface area contributed by atoms with Crippen LogP contribution in [0.25, 0.3) is 10.9 Å². The van der Waals surface area contributed by atoms with Crippen molar-refractivity contribution in [1.82, 2.24) is 20.5 Å². The number of carbonyl (C=O) groups excluding carboxylic acids is 5. The van der Waals surface area contributed by atoms with Crippen molar-refractivity contribution in [3.63, 3.8) is 0 Å². The van der Waals surface area contributed by atoms with Gasteiger partial charge in [0, 0.05) is 36.9 Å². The number of para-hydroxylation sites is 1. The zero-order chi connectivity index (χ0) is 29.7. The van der Waals surface area contributed by atoms with E-state index in [1.807, 2.05) is 24.3 Å². The van der Waals surface area contributed by atoms with Crippen molar-refractivity contribution < 1.29 is 38.9 Å². The Morgan fingerprint density at radius 2 is 1.80 bits per heavy atom. The number of carbonyl (C=O) groups is 5. The van der Waals surface area contributed by atoms with Gasteiger partial charge < -0.3 is 46.9 Å². The Hall–Kier alpha value is -4.01. The molecular weight excluding hydrogens is 524 g/mol. The molecule has 1 fully saturated rings. The Morgan fingerprint density at radius 3 is 2.40 bits per heavy atom. The molecule has 4 amide bonds. The van der Waals surface area contributed by atoms with Gasteiger partial charge in [-0.1, -0.05) is 18.2 Å². The number of rotatable bonds is 11. The van der Waals surface area contributed by atoms with Crippen LogP contribution in [0.2, 0.25) is 0 Å². The van der Waals surface area contributed by atoms with Crippen LogP contribution in [0.4, 0.5) is 0 Å². The second-order valence-corrected chi connectivity index (χ2v) is 9.99. The molecule has 1 aliphatic rings. The number of primary amides is 1. The molecule has 1 unspecified atom stereocenters. The maximum absolute atomic E-state index is 13.6. The first-order valence-corrected chi connectivity index (χ1v) is 12.8. The van der Waals surface area contributed by atoms with Crippen molar-refractivity contribution in [3.05, 3.63) is 36.0 Å². The lowest BCUT2D eigenvalue weighted by atomic mass is 10.0. The summed E-state index contributed by atoms with van der Waals surface area (Å²) in [5.41, 5.74) is 12.6. The average Bonchev–Trinajstić information content (AvgIpc) is 3.49. The first kappa shape index (κ1) is 30.5. The third kappa shape index (κ3) is 7.14. The summed E-state index contributed by atoms with van der Waals surface area (Å²) in [4.78, 5) is 67.5. The summed E-state index contributed by atoms with van der Waals surface area (Å²) in [6.45, 7) is 3.67. The SMILES string of the molecule is CC(=O)OC1C[C@@H](C(=O)N[C@@H](Cc2c[nH]c3ccccc23)C(=O)N[C@H](C(N)=O)[C@@H](C)O)N(C(=O)[C@@H](N)[C@@H](C)O)C1. The van der Waals surface area contributed by atoms with Crippen LogP contribution in [0.15, 0.2) is 30.5 Å². The fourth-order valence-corrected chi connectivity index (χ4v) is 4.69. The van der Waals surface area contributed by atoms with E-state index < -0.39 is 72.1 Å². The number of likely N-dealkylation sites (tertiary alicyclic amines) is 1. The van der Waals surface area contributed by atoms with Crippen LogP contribution in [0.5, 0.6) is 0 Å². The van der Waals surface area contributed by atoms with Gasteiger partial charge in [-0.15, -0.1) is 0 Å². The molecule has 40 heavy (non-hydrogen) atoms. The lowest BCUT2D eigenvalue weighted by Crippen LogP contribution is -2.59. The molecule has 1 aromatic heterocycles. The lowest BCUT2D eigenvalue weighted by Gasteiger charge is -2.29. The van der Waals surface area contributed by atoms with Gasteiger partial charge in [0.05, 0.1) is 18.8 Å². The number of aromatic nitrogens is 1. The van der Waals surface area contributed by atoms with Crippen LogP contribution < -0.4 is 22.1 Å². The fraction of sp³-hybridized carbons (Fsp3) is 0.500. The largest absolute Gasteiger partial charge is 0.461 e. The highest BCUT2D eigenvalue weighted by atomic mass is 16.5. The number of H-pyrrole nitrogens is 1. The van der Waals surface area contributed by atoms with E-state index in [0.717, 1.165) is 15.8 Å². The molecule has 0 bridgehead atoms. The molecule has 2 heterocycles.